The quantitative estimate of drug-likeness (QED) is 0.759. The van der Waals surface area contributed by atoms with Crippen LogP contribution in [0.15, 0.2) is 11.6 Å². The van der Waals surface area contributed by atoms with E-state index in [9.17, 15) is 5.26 Å². The Kier molecular flexibility index (Phi) is 2.75. The van der Waals surface area contributed by atoms with Crippen molar-refractivity contribution in [2.24, 2.45) is 23.2 Å². The molecular weight excluding hydrogens is 210 g/mol. The summed E-state index contributed by atoms with van der Waals surface area (Å²) in [6.07, 6.45) is 10.6. The third-order valence-corrected chi connectivity index (χ3v) is 5.21. The van der Waals surface area contributed by atoms with Gasteiger partial charge in [0.15, 0.2) is 0 Å². The number of aliphatic hydroxyl groups excluding tert-OH is 1. The monoisotopic (exact) mass is 231 g/mol. The van der Waals surface area contributed by atoms with Crippen molar-refractivity contribution in [2.75, 3.05) is 6.61 Å². The summed E-state index contributed by atoms with van der Waals surface area (Å²) in [6.45, 7) is 0.164. The average molecular weight is 231 g/mol. The van der Waals surface area contributed by atoms with Crippen LogP contribution in [-0.4, -0.2) is 11.7 Å². The van der Waals surface area contributed by atoms with E-state index >= 15 is 0 Å². The van der Waals surface area contributed by atoms with E-state index < -0.39 is 0 Å². The molecule has 0 atom stereocenters. The first kappa shape index (κ1) is 11.3. The van der Waals surface area contributed by atoms with E-state index in [-0.39, 0.29) is 12.0 Å². The molecule has 4 aliphatic carbocycles. The second-order valence-electron chi connectivity index (χ2n) is 6.44. The predicted octanol–water partition coefficient (Wildman–Crippen LogP) is 3.04. The third kappa shape index (κ3) is 1.81. The number of hydrogen-bond acceptors (Lipinski definition) is 2. The van der Waals surface area contributed by atoms with Gasteiger partial charge in [0.2, 0.25) is 0 Å². The molecule has 0 heterocycles. The number of allylic oxidation sites excluding steroid dienone is 1. The molecule has 0 unspecified atom stereocenters. The van der Waals surface area contributed by atoms with E-state index in [0.717, 1.165) is 23.3 Å². The van der Waals surface area contributed by atoms with E-state index in [1.807, 2.05) is 6.08 Å². The number of nitriles is 1. The van der Waals surface area contributed by atoms with Crippen LogP contribution in [0.4, 0.5) is 0 Å². The van der Waals surface area contributed by atoms with Gasteiger partial charge in [-0.3, -0.25) is 0 Å². The zero-order valence-corrected chi connectivity index (χ0v) is 10.4. The topological polar surface area (TPSA) is 44.0 Å². The first-order valence-electron chi connectivity index (χ1n) is 6.97. The van der Waals surface area contributed by atoms with Crippen LogP contribution in [0.1, 0.15) is 44.9 Å². The Balaban J connectivity index is 1.88. The summed E-state index contributed by atoms with van der Waals surface area (Å²) in [4.78, 5) is 0. The highest BCUT2D eigenvalue weighted by molar-refractivity contribution is 5.32. The van der Waals surface area contributed by atoms with Crippen molar-refractivity contribution in [3.8, 4) is 6.07 Å². The second kappa shape index (κ2) is 4.14. The first-order valence-corrected chi connectivity index (χ1v) is 6.97. The lowest BCUT2D eigenvalue weighted by molar-refractivity contribution is -0.0282. The Morgan fingerprint density at radius 3 is 2.12 bits per heavy atom. The molecule has 0 radical (unpaired) electrons. The SMILES string of the molecule is N#C/C(=C\CCO)C12CC3CC(CC(C3)C1)C2. The van der Waals surface area contributed by atoms with E-state index in [2.05, 4.69) is 6.07 Å². The standard InChI is InChI=1S/C15H21NO/c16-10-14(2-1-3-17)15-7-11-4-12(8-15)6-13(5-11)9-15/h2,11-13,17H,1,3-9H2/b14-2+. The minimum Gasteiger partial charge on any atom is -0.396 e. The maximum atomic E-state index is 9.41. The van der Waals surface area contributed by atoms with Gasteiger partial charge >= 0.3 is 0 Å². The van der Waals surface area contributed by atoms with Crippen LogP contribution in [0.3, 0.4) is 0 Å². The molecule has 17 heavy (non-hydrogen) atoms. The Labute approximate surface area is 103 Å². The molecule has 0 aliphatic heterocycles. The highest BCUT2D eigenvalue weighted by Crippen LogP contribution is 2.62. The zero-order chi connectivity index (χ0) is 11.9. The highest BCUT2D eigenvalue weighted by Gasteiger charge is 2.52. The first-order chi connectivity index (χ1) is 8.25. The van der Waals surface area contributed by atoms with Gasteiger partial charge in [-0.25, -0.2) is 0 Å². The maximum Gasteiger partial charge on any atom is 0.0949 e. The third-order valence-electron chi connectivity index (χ3n) is 5.21. The smallest absolute Gasteiger partial charge is 0.0949 e. The van der Waals surface area contributed by atoms with Crippen LogP contribution in [0.5, 0.6) is 0 Å². The molecule has 2 heteroatoms. The summed E-state index contributed by atoms with van der Waals surface area (Å²) in [5.74, 6) is 2.64. The van der Waals surface area contributed by atoms with Crippen LogP contribution in [0.2, 0.25) is 0 Å². The Hall–Kier alpha value is -0.810. The van der Waals surface area contributed by atoms with E-state index in [4.69, 9.17) is 5.11 Å². The summed E-state index contributed by atoms with van der Waals surface area (Å²) in [7, 11) is 0. The van der Waals surface area contributed by atoms with Crippen molar-refractivity contribution in [1.29, 1.82) is 5.26 Å². The van der Waals surface area contributed by atoms with Crippen molar-refractivity contribution in [3.63, 3.8) is 0 Å². The largest absolute Gasteiger partial charge is 0.396 e. The van der Waals surface area contributed by atoms with Gasteiger partial charge in [-0.15, -0.1) is 0 Å². The van der Waals surface area contributed by atoms with Crippen LogP contribution in [0, 0.1) is 34.5 Å². The van der Waals surface area contributed by atoms with Crippen molar-refractivity contribution in [2.45, 2.75) is 44.9 Å². The van der Waals surface area contributed by atoms with Gasteiger partial charge in [0, 0.05) is 17.6 Å². The fourth-order valence-electron chi connectivity index (χ4n) is 5.03. The normalized spacial score (nSPS) is 43.8. The van der Waals surface area contributed by atoms with E-state index in [0.29, 0.717) is 6.42 Å². The molecule has 4 fully saturated rings. The highest BCUT2D eigenvalue weighted by atomic mass is 16.2. The molecule has 4 bridgehead atoms. The molecule has 0 spiro atoms. The van der Waals surface area contributed by atoms with E-state index in [1.165, 1.54) is 38.5 Å². The summed E-state index contributed by atoms with van der Waals surface area (Å²) in [5, 5.41) is 18.4. The number of rotatable bonds is 3. The van der Waals surface area contributed by atoms with Crippen molar-refractivity contribution < 1.29 is 5.11 Å². The molecule has 4 aliphatic rings. The van der Waals surface area contributed by atoms with Crippen molar-refractivity contribution in [1.82, 2.24) is 0 Å². The molecule has 0 aromatic rings. The molecule has 1 N–H and O–H groups in total. The minimum atomic E-state index is 0.164. The number of nitrogens with zero attached hydrogens (tertiary/aromatic N) is 1. The summed E-state index contributed by atoms with van der Waals surface area (Å²) >= 11 is 0. The molecular formula is C15H21NO. The zero-order valence-electron chi connectivity index (χ0n) is 10.4. The molecule has 0 aromatic heterocycles. The molecule has 0 amide bonds. The van der Waals surface area contributed by atoms with Gasteiger partial charge in [0.1, 0.15) is 0 Å². The summed E-state index contributed by atoms with van der Waals surface area (Å²) < 4.78 is 0. The lowest BCUT2D eigenvalue weighted by Gasteiger charge is -2.56. The second-order valence-corrected chi connectivity index (χ2v) is 6.44. The van der Waals surface area contributed by atoms with Crippen LogP contribution in [-0.2, 0) is 0 Å². The van der Waals surface area contributed by atoms with E-state index in [1.54, 1.807) is 0 Å². The fourth-order valence-corrected chi connectivity index (χ4v) is 5.03. The van der Waals surface area contributed by atoms with Crippen LogP contribution < -0.4 is 0 Å². The molecule has 4 rings (SSSR count). The molecule has 0 saturated heterocycles. The summed E-state index contributed by atoms with van der Waals surface area (Å²) in [6, 6.07) is 2.44. The van der Waals surface area contributed by atoms with Crippen LogP contribution in [0.25, 0.3) is 0 Å². The van der Waals surface area contributed by atoms with Crippen molar-refractivity contribution in [3.05, 3.63) is 11.6 Å². The fraction of sp³-hybridized carbons (Fsp3) is 0.800. The van der Waals surface area contributed by atoms with Gasteiger partial charge in [-0.1, -0.05) is 6.08 Å². The average Bonchev–Trinajstić information content (AvgIpc) is 2.27. The predicted molar refractivity (Wildman–Crippen MR) is 66.0 cm³/mol. The molecule has 2 nitrogen and oxygen atoms in total. The maximum absolute atomic E-state index is 9.41. The van der Waals surface area contributed by atoms with Gasteiger partial charge < -0.3 is 5.11 Å². The molecule has 4 saturated carbocycles. The summed E-state index contributed by atoms with van der Waals surface area (Å²) in [5.41, 5.74) is 1.20. The Morgan fingerprint density at radius 2 is 1.71 bits per heavy atom. The Bertz CT molecular complexity index is 342. The molecule has 0 aromatic carbocycles. The number of hydrogen-bond donors (Lipinski definition) is 1. The minimum absolute atomic E-state index is 0.164. The van der Waals surface area contributed by atoms with Gasteiger partial charge in [-0.2, -0.15) is 5.26 Å². The molecule has 92 valence electrons. The van der Waals surface area contributed by atoms with Gasteiger partial charge in [0.05, 0.1) is 6.07 Å². The lowest BCUT2D eigenvalue weighted by atomic mass is 9.48. The lowest BCUT2D eigenvalue weighted by Crippen LogP contribution is -2.46. The van der Waals surface area contributed by atoms with Crippen molar-refractivity contribution >= 4 is 0 Å². The Morgan fingerprint density at radius 1 is 1.18 bits per heavy atom. The van der Waals surface area contributed by atoms with Gasteiger partial charge in [-0.05, 0) is 62.7 Å². The van der Waals surface area contributed by atoms with Gasteiger partial charge in [0.25, 0.3) is 0 Å². The van der Waals surface area contributed by atoms with Crippen LogP contribution >= 0.6 is 0 Å². The number of aliphatic hydroxyl groups is 1.